The standard InChI is InChI=1S/C16H15Cl2NO2/c1-10(8-11-2-4-12(17)5-3-11)19-13-6-7-15(18)14(9-13)16(20)21/h2-7,9-10,19H,8H2,1H3,(H,20,21). The van der Waals surface area contributed by atoms with Crippen LogP contribution in [0.5, 0.6) is 0 Å². The Bertz CT molecular complexity index is 641. The second-order valence-electron chi connectivity index (χ2n) is 4.88. The molecule has 0 aromatic heterocycles. The molecule has 0 aliphatic carbocycles. The van der Waals surface area contributed by atoms with E-state index in [4.69, 9.17) is 28.3 Å². The second kappa shape index (κ2) is 6.83. The average molecular weight is 324 g/mol. The van der Waals surface area contributed by atoms with Crippen LogP contribution in [0, 0.1) is 0 Å². The van der Waals surface area contributed by atoms with Crippen molar-refractivity contribution < 1.29 is 9.90 Å². The Morgan fingerprint density at radius 3 is 2.48 bits per heavy atom. The van der Waals surface area contributed by atoms with E-state index in [0.717, 1.165) is 17.7 Å². The van der Waals surface area contributed by atoms with Gasteiger partial charge in [-0.2, -0.15) is 0 Å². The monoisotopic (exact) mass is 323 g/mol. The number of carboxylic acid groups (broad SMARTS) is 1. The lowest BCUT2D eigenvalue weighted by Crippen LogP contribution is -2.18. The van der Waals surface area contributed by atoms with Crippen molar-refractivity contribution in [1.29, 1.82) is 0 Å². The van der Waals surface area contributed by atoms with Crippen LogP contribution >= 0.6 is 23.2 Å². The van der Waals surface area contributed by atoms with Crippen molar-refractivity contribution in [2.45, 2.75) is 19.4 Å². The van der Waals surface area contributed by atoms with Crippen LogP contribution in [0.4, 0.5) is 5.69 Å². The Hall–Kier alpha value is -1.71. The van der Waals surface area contributed by atoms with Crippen molar-refractivity contribution in [3.63, 3.8) is 0 Å². The predicted octanol–water partition coefficient (Wildman–Crippen LogP) is 4.73. The van der Waals surface area contributed by atoms with Gasteiger partial charge in [-0.15, -0.1) is 0 Å². The fourth-order valence-electron chi connectivity index (χ4n) is 2.09. The summed E-state index contributed by atoms with van der Waals surface area (Å²) in [5.74, 6) is -1.03. The average Bonchev–Trinajstić information content (AvgIpc) is 2.43. The van der Waals surface area contributed by atoms with Gasteiger partial charge in [-0.3, -0.25) is 0 Å². The zero-order valence-corrected chi connectivity index (χ0v) is 12.9. The van der Waals surface area contributed by atoms with Crippen LogP contribution in [-0.2, 0) is 6.42 Å². The molecule has 0 spiro atoms. The summed E-state index contributed by atoms with van der Waals surface area (Å²) in [6.07, 6.45) is 0.808. The molecule has 2 aromatic rings. The molecule has 0 saturated heterocycles. The van der Waals surface area contributed by atoms with E-state index in [0.29, 0.717) is 5.02 Å². The van der Waals surface area contributed by atoms with Crippen molar-refractivity contribution in [2.24, 2.45) is 0 Å². The highest BCUT2D eigenvalue weighted by Gasteiger charge is 2.11. The van der Waals surface area contributed by atoms with Gasteiger partial charge in [-0.1, -0.05) is 35.3 Å². The first-order valence-corrected chi connectivity index (χ1v) is 7.25. The number of hydrogen-bond donors (Lipinski definition) is 2. The van der Waals surface area contributed by atoms with Crippen molar-refractivity contribution >= 4 is 34.9 Å². The zero-order chi connectivity index (χ0) is 15.4. The largest absolute Gasteiger partial charge is 0.478 e. The summed E-state index contributed by atoms with van der Waals surface area (Å²) in [6, 6.07) is 12.7. The first-order valence-electron chi connectivity index (χ1n) is 6.49. The maximum absolute atomic E-state index is 11.1. The number of aromatic carboxylic acids is 1. The Labute approximate surface area is 133 Å². The van der Waals surface area contributed by atoms with E-state index in [-0.39, 0.29) is 16.6 Å². The minimum absolute atomic E-state index is 0.0976. The number of benzene rings is 2. The van der Waals surface area contributed by atoms with E-state index < -0.39 is 5.97 Å². The molecule has 0 aliphatic rings. The van der Waals surface area contributed by atoms with Gasteiger partial charge in [-0.25, -0.2) is 4.79 Å². The van der Waals surface area contributed by atoms with Gasteiger partial charge in [0.05, 0.1) is 10.6 Å². The Morgan fingerprint density at radius 2 is 1.86 bits per heavy atom. The van der Waals surface area contributed by atoms with Crippen LogP contribution in [0.2, 0.25) is 10.0 Å². The minimum Gasteiger partial charge on any atom is -0.478 e. The zero-order valence-electron chi connectivity index (χ0n) is 11.4. The summed E-state index contributed by atoms with van der Waals surface area (Å²) >= 11 is 11.7. The van der Waals surface area contributed by atoms with E-state index in [2.05, 4.69) is 5.32 Å². The molecule has 0 saturated carbocycles. The Kier molecular flexibility index (Phi) is 5.10. The van der Waals surface area contributed by atoms with Gasteiger partial charge in [0, 0.05) is 16.8 Å². The SMILES string of the molecule is CC(Cc1ccc(Cl)cc1)Nc1ccc(Cl)c(C(=O)O)c1. The van der Waals surface area contributed by atoms with Gasteiger partial charge >= 0.3 is 5.97 Å². The molecule has 0 fully saturated rings. The molecule has 21 heavy (non-hydrogen) atoms. The van der Waals surface area contributed by atoms with Gasteiger partial charge in [0.1, 0.15) is 0 Å². The summed E-state index contributed by atoms with van der Waals surface area (Å²) < 4.78 is 0. The molecular formula is C16H15Cl2NO2. The van der Waals surface area contributed by atoms with Crippen molar-refractivity contribution in [3.8, 4) is 0 Å². The fourth-order valence-corrected chi connectivity index (χ4v) is 2.41. The number of anilines is 1. The van der Waals surface area contributed by atoms with Crippen LogP contribution in [0.25, 0.3) is 0 Å². The summed E-state index contributed by atoms with van der Waals surface area (Å²) in [6.45, 7) is 2.03. The molecule has 2 N–H and O–H groups in total. The number of carbonyl (C=O) groups is 1. The predicted molar refractivity (Wildman–Crippen MR) is 86.7 cm³/mol. The molecule has 3 nitrogen and oxygen atoms in total. The number of nitrogens with one attached hydrogen (secondary N) is 1. The van der Waals surface area contributed by atoms with E-state index in [1.54, 1.807) is 18.2 Å². The van der Waals surface area contributed by atoms with Crippen LogP contribution in [0.1, 0.15) is 22.8 Å². The first-order chi connectivity index (χ1) is 9.95. The summed E-state index contributed by atoms with van der Waals surface area (Å²) in [7, 11) is 0. The summed E-state index contributed by atoms with van der Waals surface area (Å²) in [4.78, 5) is 11.1. The Balaban J connectivity index is 2.05. The summed E-state index contributed by atoms with van der Waals surface area (Å²) in [5, 5.41) is 13.3. The van der Waals surface area contributed by atoms with Crippen molar-refractivity contribution in [1.82, 2.24) is 0 Å². The van der Waals surface area contributed by atoms with Gasteiger partial charge in [-0.05, 0) is 49.2 Å². The van der Waals surface area contributed by atoms with E-state index in [9.17, 15) is 4.79 Å². The lowest BCUT2D eigenvalue weighted by molar-refractivity contribution is 0.0697. The Morgan fingerprint density at radius 1 is 1.19 bits per heavy atom. The molecule has 0 heterocycles. The molecule has 5 heteroatoms. The van der Waals surface area contributed by atoms with E-state index in [1.807, 2.05) is 31.2 Å². The molecule has 2 rings (SSSR count). The third kappa shape index (κ3) is 4.38. The molecule has 0 amide bonds. The van der Waals surface area contributed by atoms with Crippen LogP contribution in [0.15, 0.2) is 42.5 Å². The summed E-state index contributed by atoms with van der Waals surface area (Å²) in [5.41, 5.74) is 1.99. The van der Waals surface area contributed by atoms with Gasteiger partial charge < -0.3 is 10.4 Å². The maximum Gasteiger partial charge on any atom is 0.337 e. The molecule has 1 atom stereocenters. The number of hydrogen-bond acceptors (Lipinski definition) is 2. The number of halogens is 2. The van der Waals surface area contributed by atoms with Crippen molar-refractivity contribution in [3.05, 3.63) is 63.6 Å². The highest BCUT2D eigenvalue weighted by Crippen LogP contribution is 2.21. The topological polar surface area (TPSA) is 49.3 Å². The highest BCUT2D eigenvalue weighted by molar-refractivity contribution is 6.33. The molecule has 1 unspecified atom stereocenters. The number of rotatable bonds is 5. The lowest BCUT2D eigenvalue weighted by atomic mass is 10.1. The van der Waals surface area contributed by atoms with Gasteiger partial charge in [0.25, 0.3) is 0 Å². The fraction of sp³-hybridized carbons (Fsp3) is 0.188. The van der Waals surface area contributed by atoms with Crippen molar-refractivity contribution in [2.75, 3.05) is 5.32 Å². The molecule has 0 bridgehead atoms. The van der Waals surface area contributed by atoms with E-state index >= 15 is 0 Å². The van der Waals surface area contributed by atoms with E-state index in [1.165, 1.54) is 0 Å². The van der Waals surface area contributed by atoms with Crippen LogP contribution in [0.3, 0.4) is 0 Å². The quantitative estimate of drug-likeness (QED) is 0.835. The number of carboxylic acids is 1. The third-order valence-electron chi connectivity index (χ3n) is 3.06. The molecule has 0 radical (unpaired) electrons. The lowest BCUT2D eigenvalue weighted by Gasteiger charge is -2.16. The maximum atomic E-state index is 11.1. The minimum atomic E-state index is -1.03. The highest BCUT2D eigenvalue weighted by atomic mass is 35.5. The second-order valence-corrected chi connectivity index (χ2v) is 5.72. The molecule has 2 aromatic carbocycles. The molecule has 0 aliphatic heterocycles. The van der Waals surface area contributed by atoms with Gasteiger partial charge in [0.15, 0.2) is 0 Å². The first kappa shape index (κ1) is 15.7. The normalized spacial score (nSPS) is 12.0. The van der Waals surface area contributed by atoms with Gasteiger partial charge in [0.2, 0.25) is 0 Å². The van der Waals surface area contributed by atoms with Crippen LogP contribution in [-0.4, -0.2) is 17.1 Å². The molecule has 110 valence electrons. The van der Waals surface area contributed by atoms with Crippen LogP contribution < -0.4 is 5.32 Å². The smallest absolute Gasteiger partial charge is 0.337 e. The third-order valence-corrected chi connectivity index (χ3v) is 3.65. The molecular weight excluding hydrogens is 309 g/mol.